The summed E-state index contributed by atoms with van der Waals surface area (Å²) in [4.78, 5) is 1.21. The molecule has 0 atom stereocenters. The lowest BCUT2D eigenvalue weighted by Gasteiger charge is -2.21. The fraction of sp³-hybridized carbons (Fsp3) is 0.538. The molecular formula is C13H21NOS. The maximum atomic E-state index is 5.24. The minimum atomic E-state index is 0.152. The van der Waals surface area contributed by atoms with Crippen molar-refractivity contribution >= 4 is 11.8 Å². The number of hydrogen-bond acceptors (Lipinski definition) is 3. The van der Waals surface area contributed by atoms with Gasteiger partial charge in [0.1, 0.15) is 5.76 Å². The van der Waals surface area contributed by atoms with Crippen LogP contribution in [-0.2, 0) is 0 Å². The molecule has 0 spiro atoms. The smallest absolute Gasteiger partial charge is 0.114 e. The van der Waals surface area contributed by atoms with Gasteiger partial charge in [0, 0.05) is 22.7 Å². The number of nitrogens with one attached hydrogen (secondary N) is 1. The molecular weight excluding hydrogens is 218 g/mol. The Balaban J connectivity index is 2.29. The van der Waals surface area contributed by atoms with Gasteiger partial charge in [0.15, 0.2) is 0 Å². The molecule has 0 saturated carbocycles. The Hall–Kier alpha value is -0.670. The van der Waals surface area contributed by atoms with Crippen LogP contribution in [0.1, 0.15) is 26.5 Å². The van der Waals surface area contributed by atoms with Gasteiger partial charge in [-0.2, -0.15) is 0 Å². The second-order valence-corrected chi connectivity index (χ2v) is 6.00. The van der Waals surface area contributed by atoms with Gasteiger partial charge in [-0.1, -0.05) is 12.2 Å². The molecule has 0 fully saturated rings. The molecule has 1 rings (SSSR count). The minimum absolute atomic E-state index is 0.152. The molecule has 0 aliphatic rings. The van der Waals surface area contributed by atoms with Crippen LogP contribution in [-0.4, -0.2) is 17.8 Å². The normalized spacial score (nSPS) is 11.8. The average molecular weight is 239 g/mol. The van der Waals surface area contributed by atoms with Gasteiger partial charge >= 0.3 is 0 Å². The van der Waals surface area contributed by atoms with E-state index in [-0.39, 0.29) is 5.54 Å². The lowest BCUT2D eigenvalue weighted by Crippen LogP contribution is -2.37. The third kappa shape index (κ3) is 4.90. The van der Waals surface area contributed by atoms with Crippen molar-refractivity contribution in [3.63, 3.8) is 0 Å². The summed E-state index contributed by atoms with van der Waals surface area (Å²) in [5.41, 5.74) is 1.36. The first kappa shape index (κ1) is 13.4. The van der Waals surface area contributed by atoms with Crippen molar-refractivity contribution in [1.82, 2.24) is 5.32 Å². The highest BCUT2D eigenvalue weighted by Crippen LogP contribution is 2.24. The Morgan fingerprint density at radius 1 is 1.50 bits per heavy atom. The van der Waals surface area contributed by atoms with Crippen molar-refractivity contribution in [2.75, 3.05) is 12.3 Å². The zero-order valence-corrected chi connectivity index (χ0v) is 11.4. The Morgan fingerprint density at radius 3 is 2.69 bits per heavy atom. The summed E-state index contributed by atoms with van der Waals surface area (Å²) < 4.78 is 5.24. The summed E-state index contributed by atoms with van der Waals surface area (Å²) in [6, 6.07) is 2.00. The molecule has 1 aromatic heterocycles. The van der Waals surface area contributed by atoms with E-state index in [9.17, 15) is 0 Å². The lowest BCUT2D eigenvalue weighted by atomic mass is 10.1. The fourth-order valence-electron chi connectivity index (χ4n) is 1.14. The Bertz CT molecular complexity index is 349. The monoisotopic (exact) mass is 239 g/mol. The molecule has 1 N–H and O–H groups in total. The van der Waals surface area contributed by atoms with Crippen molar-refractivity contribution in [1.29, 1.82) is 0 Å². The second-order valence-electron chi connectivity index (χ2n) is 4.98. The third-order valence-electron chi connectivity index (χ3n) is 2.11. The van der Waals surface area contributed by atoms with E-state index in [4.69, 9.17) is 4.42 Å². The zero-order valence-electron chi connectivity index (χ0n) is 10.6. The average Bonchev–Trinajstić information content (AvgIpc) is 2.57. The number of hydrogen-bond donors (Lipinski definition) is 1. The summed E-state index contributed by atoms with van der Waals surface area (Å²) in [5.74, 6) is 1.92. The van der Waals surface area contributed by atoms with Gasteiger partial charge in [0.25, 0.3) is 0 Å². The summed E-state index contributed by atoms with van der Waals surface area (Å²) in [5, 5.41) is 3.43. The molecule has 16 heavy (non-hydrogen) atoms. The third-order valence-corrected chi connectivity index (χ3v) is 3.40. The predicted molar refractivity (Wildman–Crippen MR) is 71.1 cm³/mol. The molecule has 0 aliphatic carbocycles. The van der Waals surface area contributed by atoms with Crippen LogP contribution < -0.4 is 5.32 Å². The van der Waals surface area contributed by atoms with Gasteiger partial charge in [-0.25, -0.2) is 0 Å². The van der Waals surface area contributed by atoms with Gasteiger partial charge < -0.3 is 9.73 Å². The summed E-state index contributed by atoms with van der Waals surface area (Å²) in [6.07, 6.45) is 1.73. The number of thioether (sulfide) groups is 1. The molecule has 0 radical (unpaired) electrons. The summed E-state index contributed by atoms with van der Waals surface area (Å²) in [6.45, 7) is 13.4. The molecule has 0 aliphatic heterocycles. The Kier molecular flexibility index (Phi) is 4.69. The number of furan rings is 1. The molecule has 0 amide bonds. The molecule has 0 unspecified atom stereocenters. The molecule has 2 nitrogen and oxygen atoms in total. The maximum Gasteiger partial charge on any atom is 0.114 e. The van der Waals surface area contributed by atoms with Crippen molar-refractivity contribution < 1.29 is 4.42 Å². The highest BCUT2D eigenvalue weighted by atomic mass is 32.2. The van der Waals surface area contributed by atoms with Crippen LogP contribution in [0.25, 0.3) is 0 Å². The van der Waals surface area contributed by atoms with Crippen LogP contribution in [0.3, 0.4) is 0 Å². The van der Waals surface area contributed by atoms with Gasteiger partial charge in [-0.3, -0.25) is 0 Å². The first-order valence-electron chi connectivity index (χ1n) is 5.47. The van der Waals surface area contributed by atoms with Gasteiger partial charge in [0.2, 0.25) is 0 Å². The molecule has 1 heterocycles. The van der Waals surface area contributed by atoms with Gasteiger partial charge in [0.05, 0.1) is 6.26 Å². The largest absolute Gasteiger partial charge is 0.468 e. The van der Waals surface area contributed by atoms with Gasteiger partial charge in [-0.05, 0) is 33.8 Å². The van der Waals surface area contributed by atoms with E-state index in [1.807, 2.05) is 13.0 Å². The van der Waals surface area contributed by atoms with Crippen LogP contribution in [0, 0.1) is 6.92 Å². The standard InChI is InChI=1S/C13H21NOS/c1-10(8-14-13(3,4)5)9-16-12-6-7-15-11(12)2/h6-7,14H,1,8-9H2,2-5H3. The highest BCUT2D eigenvalue weighted by Gasteiger charge is 2.09. The lowest BCUT2D eigenvalue weighted by molar-refractivity contribution is 0.445. The summed E-state index contributed by atoms with van der Waals surface area (Å²) in [7, 11) is 0. The van der Waals surface area contributed by atoms with E-state index < -0.39 is 0 Å². The highest BCUT2D eigenvalue weighted by molar-refractivity contribution is 7.99. The topological polar surface area (TPSA) is 25.2 Å². The molecule has 1 aromatic rings. The minimum Gasteiger partial charge on any atom is -0.468 e. The van der Waals surface area contributed by atoms with E-state index in [1.54, 1.807) is 18.0 Å². The second kappa shape index (κ2) is 5.60. The number of rotatable bonds is 5. The maximum absolute atomic E-state index is 5.24. The molecule has 0 aromatic carbocycles. The molecule has 3 heteroatoms. The van der Waals surface area contributed by atoms with Crippen LogP contribution in [0.4, 0.5) is 0 Å². The zero-order chi connectivity index (χ0) is 12.2. The molecule has 0 bridgehead atoms. The number of aryl methyl sites for hydroxylation is 1. The SMILES string of the molecule is C=C(CNC(C)(C)C)CSc1ccoc1C. The van der Waals surface area contributed by atoms with Crippen LogP contribution in [0.2, 0.25) is 0 Å². The first-order chi connectivity index (χ1) is 7.38. The van der Waals surface area contributed by atoms with Crippen LogP contribution in [0.5, 0.6) is 0 Å². The van der Waals surface area contributed by atoms with Gasteiger partial charge in [-0.15, -0.1) is 11.8 Å². The fourth-order valence-corrected chi connectivity index (χ4v) is 2.01. The Labute approximate surface area is 102 Å². The van der Waals surface area contributed by atoms with Crippen molar-refractivity contribution in [3.8, 4) is 0 Å². The summed E-state index contributed by atoms with van der Waals surface area (Å²) >= 11 is 1.78. The quantitative estimate of drug-likeness (QED) is 0.627. The van der Waals surface area contributed by atoms with Crippen molar-refractivity contribution in [3.05, 3.63) is 30.2 Å². The van der Waals surface area contributed by atoms with Crippen LogP contribution in [0.15, 0.2) is 33.8 Å². The van der Waals surface area contributed by atoms with Crippen molar-refractivity contribution in [2.45, 2.75) is 38.1 Å². The van der Waals surface area contributed by atoms with Crippen LogP contribution >= 0.6 is 11.8 Å². The molecule has 0 saturated heterocycles. The van der Waals surface area contributed by atoms with E-state index >= 15 is 0 Å². The van der Waals surface area contributed by atoms with E-state index in [2.05, 4.69) is 32.7 Å². The predicted octanol–water partition coefficient (Wildman–Crippen LogP) is 3.62. The van der Waals surface area contributed by atoms with E-state index in [0.29, 0.717) is 0 Å². The molecule has 90 valence electrons. The van der Waals surface area contributed by atoms with E-state index in [1.165, 1.54) is 10.5 Å². The Morgan fingerprint density at radius 2 is 2.19 bits per heavy atom. The first-order valence-corrected chi connectivity index (χ1v) is 6.45. The van der Waals surface area contributed by atoms with E-state index in [0.717, 1.165) is 18.1 Å². The van der Waals surface area contributed by atoms with Crippen molar-refractivity contribution in [2.24, 2.45) is 0 Å².